The Morgan fingerprint density at radius 2 is 1.54 bits per heavy atom. The summed E-state index contributed by atoms with van der Waals surface area (Å²) in [5.41, 5.74) is 4.23. The maximum absolute atomic E-state index is 6.25. The lowest BCUT2D eigenvalue weighted by Crippen LogP contribution is -2.33. The quantitative estimate of drug-likeness (QED) is 0.190. The van der Waals surface area contributed by atoms with E-state index in [0.717, 1.165) is 28.0 Å². The lowest BCUT2D eigenvalue weighted by Gasteiger charge is -2.19. The highest BCUT2D eigenvalue weighted by Crippen LogP contribution is 2.37. The van der Waals surface area contributed by atoms with Gasteiger partial charge in [-0.1, -0.05) is 32.9 Å². The zero-order valence-electron chi connectivity index (χ0n) is 23.7. The first-order valence-electron chi connectivity index (χ1n) is 13.2. The summed E-state index contributed by atoms with van der Waals surface area (Å²) < 4.78 is 23.0. The van der Waals surface area contributed by atoms with Crippen LogP contribution in [0.15, 0.2) is 72.9 Å². The van der Waals surface area contributed by atoms with E-state index < -0.39 is 0 Å². The molecule has 1 unspecified atom stereocenters. The summed E-state index contributed by atoms with van der Waals surface area (Å²) in [5.74, 6) is 2.69. The van der Waals surface area contributed by atoms with Gasteiger partial charge in [-0.15, -0.1) is 0 Å². The van der Waals surface area contributed by atoms with Gasteiger partial charge in [0.2, 0.25) is 0 Å². The summed E-state index contributed by atoms with van der Waals surface area (Å²) in [6.45, 7) is 10.6. The summed E-state index contributed by atoms with van der Waals surface area (Å²) >= 11 is 0. The molecule has 0 spiro atoms. The first kappa shape index (κ1) is 28.2. The molecule has 39 heavy (non-hydrogen) atoms. The summed E-state index contributed by atoms with van der Waals surface area (Å²) in [7, 11) is 3.33. The van der Waals surface area contributed by atoms with Crippen LogP contribution in [0.2, 0.25) is 0 Å². The van der Waals surface area contributed by atoms with Crippen LogP contribution in [0.4, 0.5) is 11.4 Å². The van der Waals surface area contributed by atoms with Crippen molar-refractivity contribution in [1.29, 1.82) is 0 Å². The van der Waals surface area contributed by atoms with Gasteiger partial charge in [-0.2, -0.15) is 0 Å². The van der Waals surface area contributed by atoms with E-state index in [1.807, 2.05) is 42.5 Å². The first-order valence-corrected chi connectivity index (χ1v) is 13.2. The van der Waals surface area contributed by atoms with Crippen molar-refractivity contribution in [2.24, 2.45) is 0 Å². The topological polar surface area (TPSA) is 73.9 Å². The number of pyridine rings is 1. The molecule has 0 amide bonds. The Morgan fingerprint density at radius 1 is 0.846 bits per heavy atom. The molecule has 206 valence electrons. The number of methoxy groups -OCH3 is 2. The van der Waals surface area contributed by atoms with Gasteiger partial charge in [0.1, 0.15) is 18.1 Å². The van der Waals surface area contributed by atoms with Gasteiger partial charge in [0.05, 0.1) is 19.2 Å². The largest absolute Gasteiger partial charge is 0.493 e. The van der Waals surface area contributed by atoms with Crippen LogP contribution < -0.4 is 24.8 Å². The number of nitrogens with one attached hydrogen (secondary N) is 2. The lowest BCUT2D eigenvalue weighted by atomic mass is 9.87. The smallest absolute Gasteiger partial charge is 0.163 e. The standard InChI is InChI=1S/C32H39N3O4/c1-22(21-36-5)33-17-18-38-31-20-28-27(19-30(31)37-6)29(15-16-34-28)39-26-13-11-25(12-14-26)35-24-9-7-23(8-10-24)32(2,3)4/h7-16,19-20,22,33,35H,17-18,21H2,1-6H3. The fraction of sp³-hybridized carbons (Fsp3) is 0.344. The van der Waals surface area contributed by atoms with Crippen LogP contribution in [0.1, 0.15) is 33.3 Å². The third kappa shape index (κ3) is 7.62. The second-order valence-electron chi connectivity index (χ2n) is 10.6. The predicted octanol–water partition coefficient (Wildman–Crippen LogP) is 7.08. The van der Waals surface area contributed by atoms with Crippen molar-refractivity contribution in [3.63, 3.8) is 0 Å². The van der Waals surface area contributed by atoms with Crippen LogP contribution in [0, 0.1) is 0 Å². The molecule has 0 fully saturated rings. The highest BCUT2D eigenvalue weighted by Gasteiger charge is 2.14. The minimum Gasteiger partial charge on any atom is -0.493 e. The van der Waals surface area contributed by atoms with Crippen LogP contribution in [0.3, 0.4) is 0 Å². The average Bonchev–Trinajstić information content (AvgIpc) is 2.92. The Bertz CT molecular complexity index is 1350. The van der Waals surface area contributed by atoms with Gasteiger partial charge < -0.3 is 29.6 Å². The first-order chi connectivity index (χ1) is 18.8. The van der Waals surface area contributed by atoms with Crippen molar-refractivity contribution in [3.8, 4) is 23.0 Å². The Kier molecular flexibility index (Phi) is 9.28. The molecule has 1 aromatic heterocycles. The fourth-order valence-corrected chi connectivity index (χ4v) is 4.22. The highest BCUT2D eigenvalue weighted by atomic mass is 16.5. The molecular weight excluding hydrogens is 490 g/mol. The minimum atomic E-state index is 0.133. The van der Waals surface area contributed by atoms with E-state index in [4.69, 9.17) is 18.9 Å². The van der Waals surface area contributed by atoms with Gasteiger partial charge >= 0.3 is 0 Å². The number of fused-ring (bicyclic) bond motifs is 1. The van der Waals surface area contributed by atoms with E-state index in [2.05, 4.69) is 67.6 Å². The maximum atomic E-state index is 6.25. The van der Waals surface area contributed by atoms with E-state index in [-0.39, 0.29) is 11.5 Å². The number of hydrogen-bond donors (Lipinski definition) is 2. The van der Waals surface area contributed by atoms with E-state index >= 15 is 0 Å². The molecule has 0 aliphatic rings. The number of rotatable bonds is 12. The van der Waals surface area contributed by atoms with Crippen molar-refractivity contribution in [2.45, 2.75) is 39.2 Å². The molecule has 0 aliphatic carbocycles. The molecule has 1 heterocycles. The van der Waals surface area contributed by atoms with Gasteiger partial charge in [0.15, 0.2) is 11.5 Å². The lowest BCUT2D eigenvalue weighted by molar-refractivity contribution is 0.169. The third-order valence-electron chi connectivity index (χ3n) is 6.38. The molecule has 1 atom stereocenters. The molecular formula is C32H39N3O4. The molecule has 0 radical (unpaired) electrons. The number of benzene rings is 3. The van der Waals surface area contributed by atoms with Gasteiger partial charge in [-0.25, -0.2) is 0 Å². The zero-order valence-corrected chi connectivity index (χ0v) is 23.7. The van der Waals surface area contributed by atoms with Crippen molar-refractivity contribution in [2.75, 3.05) is 39.3 Å². The molecule has 3 aromatic carbocycles. The highest BCUT2D eigenvalue weighted by molar-refractivity contribution is 5.88. The van der Waals surface area contributed by atoms with Crippen LogP contribution in [0.5, 0.6) is 23.0 Å². The number of anilines is 2. The predicted molar refractivity (Wildman–Crippen MR) is 158 cm³/mol. The Morgan fingerprint density at radius 3 is 2.18 bits per heavy atom. The van der Waals surface area contributed by atoms with E-state index in [1.165, 1.54) is 5.56 Å². The minimum absolute atomic E-state index is 0.133. The summed E-state index contributed by atoms with van der Waals surface area (Å²) in [5, 5.41) is 7.65. The third-order valence-corrected chi connectivity index (χ3v) is 6.38. The number of ether oxygens (including phenoxy) is 4. The Labute approximate surface area is 231 Å². The number of nitrogens with zero attached hydrogens (tertiary/aromatic N) is 1. The molecule has 7 heteroatoms. The molecule has 4 aromatic rings. The van der Waals surface area contributed by atoms with Gasteiger partial charge in [-0.05, 0) is 66.4 Å². The van der Waals surface area contributed by atoms with Gasteiger partial charge in [0.25, 0.3) is 0 Å². The number of aromatic nitrogens is 1. The fourth-order valence-electron chi connectivity index (χ4n) is 4.22. The van der Waals surface area contributed by atoms with E-state index in [1.54, 1.807) is 20.4 Å². The van der Waals surface area contributed by atoms with Crippen LogP contribution in [-0.4, -0.2) is 45.0 Å². The molecule has 0 saturated heterocycles. The van der Waals surface area contributed by atoms with Crippen molar-refractivity contribution < 1.29 is 18.9 Å². The van der Waals surface area contributed by atoms with Crippen molar-refractivity contribution >= 4 is 22.3 Å². The summed E-state index contributed by atoms with van der Waals surface area (Å²) in [6.07, 6.45) is 1.74. The SMILES string of the molecule is COCC(C)NCCOc1cc2nccc(Oc3ccc(Nc4ccc(C(C)(C)C)cc4)cc3)c2cc1OC. The molecule has 2 N–H and O–H groups in total. The molecule has 0 bridgehead atoms. The summed E-state index contributed by atoms with van der Waals surface area (Å²) in [4.78, 5) is 4.52. The van der Waals surface area contributed by atoms with Gasteiger partial charge in [0, 0.05) is 48.7 Å². The van der Waals surface area contributed by atoms with Crippen LogP contribution >= 0.6 is 0 Å². The summed E-state index contributed by atoms with van der Waals surface area (Å²) in [6, 6.07) is 22.4. The molecule has 0 aliphatic heterocycles. The number of hydrogen-bond acceptors (Lipinski definition) is 7. The normalized spacial score (nSPS) is 12.3. The average molecular weight is 530 g/mol. The van der Waals surface area contributed by atoms with Crippen molar-refractivity contribution in [3.05, 3.63) is 78.5 Å². The Balaban J connectivity index is 1.43. The van der Waals surface area contributed by atoms with Gasteiger partial charge in [-0.3, -0.25) is 4.98 Å². The van der Waals surface area contributed by atoms with Crippen molar-refractivity contribution in [1.82, 2.24) is 10.3 Å². The molecule has 0 saturated carbocycles. The van der Waals surface area contributed by atoms with Crippen LogP contribution in [-0.2, 0) is 10.2 Å². The van der Waals surface area contributed by atoms with Crippen LogP contribution in [0.25, 0.3) is 10.9 Å². The monoisotopic (exact) mass is 529 g/mol. The second kappa shape index (κ2) is 12.8. The maximum Gasteiger partial charge on any atom is 0.163 e. The Hall–Kier alpha value is -3.81. The molecule has 4 rings (SSSR count). The van der Waals surface area contributed by atoms with E-state index in [9.17, 15) is 0 Å². The molecule has 7 nitrogen and oxygen atoms in total. The second-order valence-corrected chi connectivity index (χ2v) is 10.6. The zero-order chi connectivity index (χ0) is 27.8. The van der Waals surface area contributed by atoms with E-state index in [0.29, 0.717) is 37.0 Å².